The molecule has 3 aromatic rings. The van der Waals surface area contributed by atoms with Crippen molar-refractivity contribution in [3.05, 3.63) is 95.8 Å². The number of nitrogens with zero attached hydrogens (tertiary/aromatic N) is 3. The maximum absolute atomic E-state index is 13.9. The Kier molecular flexibility index (Phi) is 8.30. The number of rotatable bonds is 7. The minimum atomic E-state index is -4.02. The molecule has 0 saturated carbocycles. The molecule has 2 aliphatic heterocycles. The first kappa shape index (κ1) is 27.3. The zero-order valence-electron chi connectivity index (χ0n) is 22.1. The van der Waals surface area contributed by atoms with E-state index >= 15 is 0 Å². The molecule has 7 nitrogen and oxygen atoms in total. The average molecular weight is 552 g/mol. The fourth-order valence-corrected chi connectivity index (χ4v) is 7.39. The van der Waals surface area contributed by atoms with Crippen LogP contribution >= 0.6 is 0 Å². The van der Waals surface area contributed by atoms with Gasteiger partial charge in [0.2, 0.25) is 15.9 Å². The van der Waals surface area contributed by atoms with Crippen molar-refractivity contribution in [1.82, 2.24) is 14.1 Å². The second kappa shape index (κ2) is 11.9. The van der Waals surface area contributed by atoms with E-state index in [0.717, 1.165) is 19.2 Å². The molecule has 0 radical (unpaired) electrons. The number of sulfonamides is 1. The number of benzene rings is 3. The highest BCUT2D eigenvalue weighted by atomic mass is 32.2. The standard InChI is InChI=1S/C30H34FN3O4S/c1-38-27-15-14-26(31)21-28(27)39(36,37)34-16-8-13-25(22-34)30(35)33-19-17-32(18-20-33)29(23-9-4-2-5-10-23)24-11-6-3-7-12-24/h2-7,9-12,14-15,21,25,29H,8,13,16-20,22H2,1H3/t25-/m0/s1. The number of hydrogen-bond donors (Lipinski definition) is 0. The molecular formula is C30H34FN3O4S. The van der Waals surface area contributed by atoms with Crippen LogP contribution in [0, 0.1) is 11.7 Å². The van der Waals surface area contributed by atoms with Gasteiger partial charge in [0, 0.05) is 39.3 Å². The summed E-state index contributed by atoms with van der Waals surface area (Å²) in [7, 11) is -2.66. The Morgan fingerprint density at radius 2 is 1.51 bits per heavy atom. The zero-order chi connectivity index (χ0) is 27.4. The maximum Gasteiger partial charge on any atom is 0.246 e. The number of carbonyl (C=O) groups excluding carboxylic acids is 1. The van der Waals surface area contributed by atoms with Crippen LogP contribution in [0.2, 0.25) is 0 Å². The van der Waals surface area contributed by atoms with Gasteiger partial charge in [0.05, 0.1) is 19.1 Å². The van der Waals surface area contributed by atoms with Gasteiger partial charge < -0.3 is 9.64 Å². The molecular weight excluding hydrogens is 517 g/mol. The van der Waals surface area contributed by atoms with Gasteiger partial charge in [-0.05, 0) is 42.2 Å². The first-order valence-corrected chi connectivity index (χ1v) is 14.8. The van der Waals surface area contributed by atoms with E-state index in [0.29, 0.717) is 25.9 Å². The normalized spacial score (nSPS) is 19.3. The van der Waals surface area contributed by atoms with Crippen molar-refractivity contribution in [1.29, 1.82) is 0 Å². The monoisotopic (exact) mass is 551 g/mol. The van der Waals surface area contributed by atoms with Crippen LogP contribution in [-0.2, 0) is 14.8 Å². The minimum Gasteiger partial charge on any atom is -0.495 e. The molecule has 0 unspecified atom stereocenters. The molecule has 0 bridgehead atoms. The van der Waals surface area contributed by atoms with Crippen molar-refractivity contribution >= 4 is 15.9 Å². The van der Waals surface area contributed by atoms with Crippen molar-refractivity contribution < 1.29 is 22.3 Å². The number of methoxy groups -OCH3 is 1. The smallest absolute Gasteiger partial charge is 0.246 e. The number of halogens is 1. The van der Waals surface area contributed by atoms with E-state index in [1.165, 1.54) is 34.7 Å². The highest BCUT2D eigenvalue weighted by Crippen LogP contribution is 2.32. The van der Waals surface area contributed by atoms with Gasteiger partial charge in [-0.25, -0.2) is 12.8 Å². The van der Waals surface area contributed by atoms with Gasteiger partial charge in [0.15, 0.2) is 0 Å². The molecule has 3 aromatic carbocycles. The first-order valence-electron chi connectivity index (χ1n) is 13.3. The first-order chi connectivity index (χ1) is 18.9. The van der Waals surface area contributed by atoms with E-state index < -0.39 is 21.8 Å². The molecule has 0 spiro atoms. The summed E-state index contributed by atoms with van der Waals surface area (Å²) in [5.41, 5.74) is 2.42. The van der Waals surface area contributed by atoms with Gasteiger partial charge >= 0.3 is 0 Å². The summed E-state index contributed by atoms with van der Waals surface area (Å²) in [6.45, 7) is 2.96. The molecule has 2 fully saturated rings. The van der Waals surface area contributed by atoms with Crippen molar-refractivity contribution in [2.45, 2.75) is 23.8 Å². The number of piperazine rings is 1. The molecule has 2 saturated heterocycles. The van der Waals surface area contributed by atoms with Gasteiger partial charge in [-0.3, -0.25) is 9.69 Å². The van der Waals surface area contributed by atoms with Gasteiger partial charge in [-0.1, -0.05) is 60.7 Å². The fraction of sp³-hybridized carbons (Fsp3) is 0.367. The predicted octanol–water partition coefficient (Wildman–Crippen LogP) is 4.17. The Hall–Kier alpha value is -3.27. The molecule has 0 N–H and O–H groups in total. The topological polar surface area (TPSA) is 70.2 Å². The second-order valence-electron chi connectivity index (χ2n) is 10.1. The van der Waals surface area contributed by atoms with E-state index in [-0.39, 0.29) is 35.7 Å². The van der Waals surface area contributed by atoms with E-state index in [9.17, 15) is 17.6 Å². The van der Waals surface area contributed by atoms with Crippen LogP contribution in [0.1, 0.15) is 30.0 Å². The Morgan fingerprint density at radius 1 is 0.897 bits per heavy atom. The number of amides is 1. The largest absolute Gasteiger partial charge is 0.495 e. The lowest BCUT2D eigenvalue weighted by atomic mass is 9.95. The third kappa shape index (κ3) is 5.85. The fourth-order valence-electron chi connectivity index (χ4n) is 5.70. The highest BCUT2D eigenvalue weighted by Gasteiger charge is 2.37. The third-order valence-electron chi connectivity index (χ3n) is 7.70. The molecule has 5 rings (SSSR count). The van der Waals surface area contributed by atoms with E-state index in [2.05, 4.69) is 29.2 Å². The summed E-state index contributed by atoms with van der Waals surface area (Å²) < 4.78 is 47.2. The van der Waals surface area contributed by atoms with Crippen molar-refractivity contribution in [2.24, 2.45) is 5.92 Å². The number of ether oxygens (including phenoxy) is 1. The lowest BCUT2D eigenvalue weighted by Gasteiger charge is -2.41. The highest BCUT2D eigenvalue weighted by molar-refractivity contribution is 7.89. The molecule has 0 aromatic heterocycles. The summed E-state index contributed by atoms with van der Waals surface area (Å²) in [6, 6.07) is 24.3. The van der Waals surface area contributed by atoms with Gasteiger partial charge in [0.25, 0.3) is 0 Å². The molecule has 206 valence electrons. The Balaban J connectivity index is 1.27. The molecule has 0 aliphatic carbocycles. The van der Waals surface area contributed by atoms with Gasteiger partial charge in [-0.15, -0.1) is 0 Å². The Bertz CT molecular complexity index is 1340. The number of hydrogen-bond acceptors (Lipinski definition) is 5. The maximum atomic E-state index is 13.9. The zero-order valence-corrected chi connectivity index (χ0v) is 22.9. The molecule has 2 heterocycles. The van der Waals surface area contributed by atoms with E-state index in [1.54, 1.807) is 0 Å². The van der Waals surface area contributed by atoms with Crippen molar-refractivity contribution in [3.63, 3.8) is 0 Å². The SMILES string of the molecule is COc1ccc(F)cc1S(=O)(=O)N1CCC[C@H](C(=O)N2CCN(C(c3ccccc3)c3ccccc3)CC2)C1. The Morgan fingerprint density at radius 3 is 2.10 bits per heavy atom. The van der Waals surface area contributed by atoms with Crippen molar-refractivity contribution in [2.75, 3.05) is 46.4 Å². The molecule has 39 heavy (non-hydrogen) atoms. The molecule has 1 amide bonds. The van der Waals surface area contributed by atoms with Gasteiger partial charge in [0.1, 0.15) is 16.5 Å². The van der Waals surface area contributed by atoms with Crippen LogP contribution in [0.5, 0.6) is 5.75 Å². The van der Waals surface area contributed by atoms with Crippen LogP contribution in [0.3, 0.4) is 0 Å². The summed E-state index contributed by atoms with van der Waals surface area (Å²) in [5, 5.41) is 0. The summed E-state index contributed by atoms with van der Waals surface area (Å²) in [5.74, 6) is -1.01. The lowest BCUT2D eigenvalue weighted by molar-refractivity contribution is -0.138. The summed E-state index contributed by atoms with van der Waals surface area (Å²) >= 11 is 0. The summed E-state index contributed by atoms with van der Waals surface area (Å²) in [4.78, 5) is 17.6. The second-order valence-corrected chi connectivity index (χ2v) is 12.0. The minimum absolute atomic E-state index is 0.0169. The molecule has 2 aliphatic rings. The van der Waals surface area contributed by atoms with Crippen molar-refractivity contribution in [3.8, 4) is 5.75 Å². The van der Waals surface area contributed by atoms with Crippen LogP contribution in [0.25, 0.3) is 0 Å². The van der Waals surface area contributed by atoms with Gasteiger partial charge in [-0.2, -0.15) is 4.31 Å². The number of piperidine rings is 1. The van der Waals surface area contributed by atoms with Crippen LogP contribution in [-0.4, -0.2) is 74.8 Å². The molecule has 9 heteroatoms. The van der Waals surface area contributed by atoms with Crippen LogP contribution < -0.4 is 4.74 Å². The van der Waals surface area contributed by atoms with Crippen LogP contribution in [0.4, 0.5) is 4.39 Å². The van der Waals surface area contributed by atoms with E-state index in [4.69, 9.17) is 4.74 Å². The molecule has 1 atom stereocenters. The Labute approximate surface area is 229 Å². The van der Waals surface area contributed by atoms with Crippen LogP contribution in [0.15, 0.2) is 83.8 Å². The summed E-state index contributed by atoms with van der Waals surface area (Å²) in [6.07, 6.45) is 1.19. The predicted molar refractivity (Wildman–Crippen MR) is 147 cm³/mol. The quantitative estimate of drug-likeness (QED) is 0.441. The number of carbonyl (C=O) groups is 1. The average Bonchev–Trinajstić information content (AvgIpc) is 2.98. The lowest BCUT2D eigenvalue weighted by Crippen LogP contribution is -2.53. The van der Waals surface area contributed by atoms with E-state index in [1.807, 2.05) is 41.3 Å². The third-order valence-corrected chi connectivity index (χ3v) is 9.58.